The maximum atomic E-state index is 13.4. The van der Waals surface area contributed by atoms with E-state index < -0.39 is 30.1 Å². The average molecular weight is 536 g/mol. The third-order valence-electron chi connectivity index (χ3n) is 7.56. The van der Waals surface area contributed by atoms with E-state index in [0.29, 0.717) is 48.6 Å². The maximum absolute atomic E-state index is 13.4. The number of carbonyl (C=O) groups excluding carboxylic acids is 3. The van der Waals surface area contributed by atoms with Gasteiger partial charge in [0.25, 0.3) is 5.91 Å². The minimum Gasteiger partial charge on any atom is -0.480 e. The van der Waals surface area contributed by atoms with E-state index in [1.807, 2.05) is 23.1 Å². The zero-order valence-corrected chi connectivity index (χ0v) is 22.3. The molecule has 0 radical (unpaired) electrons. The Labute approximate surface area is 228 Å². The number of nitrogens with two attached hydrogens (primary N) is 1. The summed E-state index contributed by atoms with van der Waals surface area (Å²) in [7, 11) is 0. The van der Waals surface area contributed by atoms with Crippen molar-refractivity contribution in [3.05, 3.63) is 59.7 Å². The van der Waals surface area contributed by atoms with Gasteiger partial charge in [0.1, 0.15) is 6.04 Å². The second kappa shape index (κ2) is 12.9. The molecule has 5 N–H and O–H groups in total. The van der Waals surface area contributed by atoms with Gasteiger partial charge in [0.05, 0.1) is 12.1 Å². The number of urea groups is 1. The molecular formula is C29H37N5O5. The van der Waals surface area contributed by atoms with Crippen LogP contribution in [0, 0.1) is 6.92 Å². The number of carboxylic acids is 1. The first kappa shape index (κ1) is 28.3. The van der Waals surface area contributed by atoms with Crippen molar-refractivity contribution in [3.8, 4) is 0 Å². The number of amides is 3. The second-order valence-corrected chi connectivity index (χ2v) is 10.3. The first-order valence-corrected chi connectivity index (χ1v) is 13.6. The van der Waals surface area contributed by atoms with Crippen LogP contribution in [0.15, 0.2) is 48.5 Å². The summed E-state index contributed by atoms with van der Waals surface area (Å²) in [6.45, 7) is 3.56. The fourth-order valence-corrected chi connectivity index (χ4v) is 5.44. The Balaban J connectivity index is 1.40. The lowest BCUT2D eigenvalue weighted by atomic mass is 9.92. The van der Waals surface area contributed by atoms with Gasteiger partial charge in [0, 0.05) is 23.5 Å². The SMILES string of the molecule is Cc1cc(NC(=O)N2CCCCC2C(=O)C(N)C[C@H](C(=O)O)N2CCCC2)ccc1C(=O)Nc1ccccc1. The molecule has 2 saturated heterocycles. The number of aliphatic carboxylic acids is 1. The molecule has 3 amide bonds. The number of Topliss-reactive ketones (excluding diaryl/α,β-unsaturated/α-hetero) is 1. The van der Waals surface area contributed by atoms with E-state index in [2.05, 4.69) is 10.6 Å². The number of piperidine rings is 1. The highest BCUT2D eigenvalue weighted by molar-refractivity contribution is 6.05. The lowest BCUT2D eigenvalue weighted by Gasteiger charge is -2.36. The molecule has 10 nitrogen and oxygen atoms in total. The number of likely N-dealkylation sites (tertiary alicyclic amines) is 2. The number of anilines is 2. The van der Waals surface area contributed by atoms with Crippen LogP contribution in [-0.2, 0) is 9.59 Å². The number of hydrogen-bond donors (Lipinski definition) is 4. The van der Waals surface area contributed by atoms with Gasteiger partial charge in [-0.1, -0.05) is 18.2 Å². The summed E-state index contributed by atoms with van der Waals surface area (Å²) < 4.78 is 0. The van der Waals surface area contributed by atoms with Gasteiger partial charge in [-0.25, -0.2) is 4.79 Å². The molecule has 208 valence electrons. The van der Waals surface area contributed by atoms with Gasteiger partial charge in [0.15, 0.2) is 5.78 Å². The summed E-state index contributed by atoms with van der Waals surface area (Å²) in [5.41, 5.74) is 8.63. The van der Waals surface area contributed by atoms with Crippen LogP contribution < -0.4 is 16.4 Å². The van der Waals surface area contributed by atoms with Crippen LogP contribution in [0.2, 0.25) is 0 Å². The number of rotatable bonds is 9. The first-order valence-electron chi connectivity index (χ1n) is 13.6. The number of nitrogens with one attached hydrogen (secondary N) is 2. The molecule has 10 heteroatoms. The molecule has 2 fully saturated rings. The van der Waals surface area contributed by atoms with E-state index in [1.54, 1.807) is 37.3 Å². The maximum Gasteiger partial charge on any atom is 0.322 e. The first-order chi connectivity index (χ1) is 18.7. The van der Waals surface area contributed by atoms with E-state index in [9.17, 15) is 24.3 Å². The zero-order valence-electron chi connectivity index (χ0n) is 22.3. The molecule has 2 aliphatic rings. The van der Waals surface area contributed by atoms with Gasteiger partial charge in [0.2, 0.25) is 0 Å². The number of carboxylic acid groups (broad SMARTS) is 1. The lowest BCUT2D eigenvalue weighted by Crippen LogP contribution is -2.55. The normalized spacial score (nSPS) is 19.2. The predicted molar refractivity (Wildman–Crippen MR) is 149 cm³/mol. The number of carbonyl (C=O) groups is 4. The molecule has 0 saturated carbocycles. The quantitative estimate of drug-likeness (QED) is 0.385. The molecule has 0 aliphatic carbocycles. The summed E-state index contributed by atoms with van der Waals surface area (Å²) in [5, 5.41) is 15.4. The highest BCUT2D eigenvalue weighted by Crippen LogP contribution is 2.24. The number of aryl methyl sites for hydroxylation is 1. The molecule has 0 spiro atoms. The molecular weight excluding hydrogens is 498 g/mol. The van der Waals surface area contributed by atoms with Crippen molar-refractivity contribution in [3.63, 3.8) is 0 Å². The smallest absolute Gasteiger partial charge is 0.322 e. The highest BCUT2D eigenvalue weighted by Gasteiger charge is 2.38. The van der Waals surface area contributed by atoms with Crippen LogP contribution in [0.4, 0.5) is 16.2 Å². The van der Waals surface area contributed by atoms with E-state index in [-0.39, 0.29) is 18.1 Å². The standard InChI is InChI=1S/C29H37N5O5/c1-19-17-21(12-13-22(19)27(36)31-20-9-3-2-4-10-20)32-29(39)34-16-6-5-11-24(34)26(35)23(30)18-25(28(37)38)33-14-7-8-15-33/h2-4,9-10,12-13,17,23-25H,5-8,11,14-16,18,30H2,1H3,(H,31,36)(H,32,39)(H,37,38)/t23?,24?,25-/m1/s1. The molecule has 3 atom stereocenters. The molecule has 2 aromatic rings. The van der Waals surface area contributed by atoms with Gasteiger partial charge < -0.3 is 26.4 Å². The van der Waals surface area contributed by atoms with Gasteiger partial charge in [-0.3, -0.25) is 19.3 Å². The number of ketones is 1. The van der Waals surface area contributed by atoms with Crippen LogP contribution in [0.1, 0.15) is 54.4 Å². The zero-order chi connectivity index (χ0) is 27.9. The van der Waals surface area contributed by atoms with E-state index in [1.165, 1.54) is 4.90 Å². The topological polar surface area (TPSA) is 145 Å². The molecule has 4 rings (SSSR count). The fraction of sp³-hybridized carbons (Fsp3) is 0.448. The fourth-order valence-electron chi connectivity index (χ4n) is 5.44. The summed E-state index contributed by atoms with van der Waals surface area (Å²) in [6, 6.07) is 11.3. The Bertz CT molecular complexity index is 1200. The van der Waals surface area contributed by atoms with Gasteiger partial charge in [-0.15, -0.1) is 0 Å². The van der Waals surface area contributed by atoms with Crippen molar-refractivity contribution < 1.29 is 24.3 Å². The summed E-state index contributed by atoms with van der Waals surface area (Å²) in [6.07, 6.45) is 3.91. The van der Waals surface area contributed by atoms with Crippen LogP contribution >= 0.6 is 0 Å². The van der Waals surface area contributed by atoms with E-state index in [0.717, 1.165) is 25.7 Å². The van der Waals surface area contributed by atoms with Crippen molar-refractivity contribution in [2.24, 2.45) is 5.73 Å². The number of hydrogen-bond acceptors (Lipinski definition) is 6. The largest absolute Gasteiger partial charge is 0.480 e. The van der Waals surface area contributed by atoms with Crippen molar-refractivity contribution in [2.75, 3.05) is 30.3 Å². The predicted octanol–water partition coefficient (Wildman–Crippen LogP) is 3.47. The molecule has 2 unspecified atom stereocenters. The summed E-state index contributed by atoms with van der Waals surface area (Å²) in [4.78, 5) is 54.6. The Hall–Kier alpha value is -3.76. The number of para-hydroxylation sites is 1. The van der Waals surface area contributed by atoms with Crippen LogP contribution in [0.5, 0.6) is 0 Å². The monoisotopic (exact) mass is 535 g/mol. The van der Waals surface area contributed by atoms with Crippen LogP contribution in [0.3, 0.4) is 0 Å². The highest BCUT2D eigenvalue weighted by atomic mass is 16.4. The van der Waals surface area contributed by atoms with Crippen molar-refractivity contribution in [1.29, 1.82) is 0 Å². The third kappa shape index (κ3) is 7.01. The Morgan fingerprint density at radius 2 is 1.64 bits per heavy atom. The average Bonchev–Trinajstić information content (AvgIpc) is 3.46. The molecule has 0 aromatic heterocycles. The van der Waals surface area contributed by atoms with Crippen molar-refractivity contribution in [2.45, 2.75) is 63.6 Å². The second-order valence-electron chi connectivity index (χ2n) is 10.3. The third-order valence-corrected chi connectivity index (χ3v) is 7.56. The summed E-state index contributed by atoms with van der Waals surface area (Å²) >= 11 is 0. The van der Waals surface area contributed by atoms with E-state index >= 15 is 0 Å². The molecule has 0 bridgehead atoms. The molecule has 2 aromatic carbocycles. The van der Waals surface area contributed by atoms with Crippen molar-refractivity contribution in [1.82, 2.24) is 9.80 Å². The number of nitrogens with zero attached hydrogens (tertiary/aromatic N) is 2. The molecule has 2 aliphatic heterocycles. The summed E-state index contributed by atoms with van der Waals surface area (Å²) in [5.74, 6) is -1.53. The molecule has 2 heterocycles. The number of benzene rings is 2. The minimum absolute atomic E-state index is 0.0197. The molecule has 39 heavy (non-hydrogen) atoms. The van der Waals surface area contributed by atoms with Crippen molar-refractivity contribution >= 4 is 35.1 Å². The van der Waals surface area contributed by atoms with Crippen LogP contribution in [-0.4, -0.2) is 76.4 Å². The van der Waals surface area contributed by atoms with Gasteiger partial charge in [-0.2, -0.15) is 0 Å². The van der Waals surface area contributed by atoms with Crippen LogP contribution in [0.25, 0.3) is 0 Å². The minimum atomic E-state index is -0.977. The lowest BCUT2D eigenvalue weighted by molar-refractivity contribution is -0.143. The van der Waals surface area contributed by atoms with E-state index in [4.69, 9.17) is 5.73 Å². The Morgan fingerprint density at radius 1 is 0.949 bits per heavy atom. The van der Waals surface area contributed by atoms with Gasteiger partial charge in [-0.05, 0) is 94.4 Å². The Kier molecular flexibility index (Phi) is 9.32. The van der Waals surface area contributed by atoms with Gasteiger partial charge >= 0.3 is 12.0 Å². The Morgan fingerprint density at radius 3 is 2.31 bits per heavy atom.